The Labute approximate surface area is 108 Å². The van der Waals surface area contributed by atoms with Crippen LogP contribution in [-0.2, 0) is 9.53 Å². The highest BCUT2D eigenvalue weighted by Crippen LogP contribution is 2.25. The van der Waals surface area contributed by atoms with E-state index in [9.17, 15) is 4.79 Å². The molecule has 0 radical (unpaired) electrons. The first kappa shape index (κ1) is 14.3. The number of hydrogen-bond donors (Lipinski definition) is 0. The van der Waals surface area contributed by atoms with E-state index in [1.165, 1.54) is 0 Å². The van der Waals surface area contributed by atoms with Gasteiger partial charge < -0.3 is 9.47 Å². The van der Waals surface area contributed by atoms with Crippen LogP contribution in [0.25, 0.3) is 5.57 Å². The summed E-state index contributed by atoms with van der Waals surface area (Å²) in [7, 11) is 1.63. The smallest absolute Gasteiger partial charge is 0.331 e. The Morgan fingerprint density at radius 3 is 2.33 bits per heavy atom. The number of ether oxygens (including phenoxy) is 2. The lowest BCUT2D eigenvalue weighted by molar-refractivity contribution is -0.137. The van der Waals surface area contributed by atoms with E-state index < -0.39 is 0 Å². The van der Waals surface area contributed by atoms with Gasteiger partial charge in [-0.15, -0.1) is 0 Å². The standard InChI is InChI=1S/C15H20O3/c1-5-18-15(16)10-14(11(2)3)12-6-8-13(17-4)9-7-12/h6-11H,5H2,1-4H3. The summed E-state index contributed by atoms with van der Waals surface area (Å²) in [6.45, 7) is 6.29. The number of carbonyl (C=O) groups excluding carboxylic acids is 1. The average Bonchev–Trinajstić information content (AvgIpc) is 2.36. The maximum atomic E-state index is 11.5. The summed E-state index contributed by atoms with van der Waals surface area (Å²) in [4.78, 5) is 11.5. The molecule has 98 valence electrons. The van der Waals surface area contributed by atoms with Crippen molar-refractivity contribution in [3.05, 3.63) is 35.9 Å². The second-order valence-corrected chi connectivity index (χ2v) is 4.23. The Kier molecular flexibility index (Phi) is 5.43. The molecule has 0 atom stereocenters. The molecular weight excluding hydrogens is 228 g/mol. The second kappa shape index (κ2) is 6.84. The van der Waals surface area contributed by atoms with Crippen LogP contribution in [0.5, 0.6) is 5.75 Å². The van der Waals surface area contributed by atoms with Crippen molar-refractivity contribution >= 4 is 11.5 Å². The first-order valence-corrected chi connectivity index (χ1v) is 6.11. The van der Waals surface area contributed by atoms with Crippen LogP contribution in [0.15, 0.2) is 30.3 Å². The zero-order valence-electron chi connectivity index (χ0n) is 11.4. The third-order valence-corrected chi connectivity index (χ3v) is 2.61. The zero-order valence-corrected chi connectivity index (χ0v) is 11.4. The number of rotatable bonds is 5. The summed E-state index contributed by atoms with van der Waals surface area (Å²) < 4.78 is 10.1. The van der Waals surface area contributed by atoms with Crippen molar-refractivity contribution in [2.24, 2.45) is 5.92 Å². The molecule has 0 aliphatic rings. The van der Waals surface area contributed by atoms with E-state index in [0.29, 0.717) is 6.61 Å². The van der Waals surface area contributed by atoms with Crippen LogP contribution in [0.4, 0.5) is 0 Å². The van der Waals surface area contributed by atoms with Gasteiger partial charge in [-0.2, -0.15) is 0 Å². The highest BCUT2D eigenvalue weighted by molar-refractivity contribution is 5.91. The topological polar surface area (TPSA) is 35.5 Å². The summed E-state index contributed by atoms with van der Waals surface area (Å²) in [5.74, 6) is 0.762. The van der Waals surface area contributed by atoms with E-state index >= 15 is 0 Å². The van der Waals surface area contributed by atoms with Crippen LogP contribution in [-0.4, -0.2) is 19.7 Å². The number of allylic oxidation sites excluding steroid dienone is 1. The van der Waals surface area contributed by atoms with Crippen LogP contribution in [0.1, 0.15) is 26.3 Å². The van der Waals surface area contributed by atoms with Crippen molar-refractivity contribution < 1.29 is 14.3 Å². The van der Waals surface area contributed by atoms with E-state index in [1.807, 2.05) is 24.3 Å². The molecule has 1 aromatic rings. The molecule has 18 heavy (non-hydrogen) atoms. The maximum Gasteiger partial charge on any atom is 0.331 e. The van der Waals surface area contributed by atoms with Gasteiger partial charge in [0.2, 0.25) is 0 Å². The minimum absolute atomic E-state index is 0.253. The summed E-state index contributed by atoms with van der Waals surface area (Å²) >= 11 is 0. The van der Waals surface area contributed by atoms with Gasteiger partial charge in [-0.05, 0) is 36.1 Å². The van der Waals surface area contributed by atoms with E-state index in [2.05, 4.69) is 13.8 Å². The summed E-state index contributed by atoms with van der Waals surface area (Å²) in [6, 6.07) is 7.67. The van der Waals surface area contributed by atoms with Gasteiger partial charge in [-0.3, -0.25) is 0 Å². The molecule has 0 fully saturated rings. The fourth-order valence-corrected chi connectivity index (χ4v) is 1.68. The molecule has 0 amide bonds. The Balaban J connectivity index is 3.00. The molecule has 3 nitrogen and oxygen atoms in total. The molecule has 0 N–H and O–H groups in total. The van der Waals surface area contributed by atoms with Gasteiger partial charge in [-0.1, -0.05) is 26.0 Å². The molecule has 3 heteroatoms. The average molecular weight is 248 g/mol. The molecule has 0 saturated carbocycles. The van der Waals surface area contributed by atoms with Crippen LogP contribution in [0.2, 0.25) is 0 Å². The van der Waals surface area contributed by atoms with Gasteiger partial charge in [0.1, 0.15) is 5.75 Å². The molecule has 0 heterocycles. The number of carbonyl (C=O) groups is 1. The fourth-order valence-electron chi connectivity index (χ4n) is 1.68. The maximum absolute atomic E-state index is 11.5. The van der Waals surface area contributed by atoms with Crippen molar-refractivity contribution in [3.63, 3.8) is 0 Å². The highest BCUT2D eigenvalue weighted by atomic mass is 16.5. The first-order chi connectivity index (χ1) is 8.58. The molecule has 0 spiro atoms. The highest BCUT2D eigenvalue weighted by Gasteiger charge is 2.09. The van der Waals surface area contributed by atoms with Crippen LogP contribution < -0.4 is 4.74 Å². The molecule has 0 aliphatic carbocycles. The Morgan fingerprint density at radius 2 is 1.89 bits per heavy atom. The molecule has 0 bridgehead atoms. The van der Waals surface area contributed by atoms with Crippen molar-refractivity contribution in [1.29, 1.82) is 0 Å². The molecule has 0 aliphatic heterocycles. The number of benzene rings is 1. The van der Waals surface area contributed by atoms with Crippen LogP contribution >= 0.6 is 0 Å². The SMILES string of the molecule is CCOC(=O)C=C(c1ccc(OC)cc1)C(C)C. The zero-order chi connectivity index (χ0) is 13.5. The minimum Gasteiger partial charge on any atom is -0.497 e. The van der Waals surface area contributed by atoms with Gasteiger partial charge in [0.05, 0.1) is 13.7 Å². The number of methoxy groups -OCH3 is 1. The monoisotopic (exact) mass is 248 g/mol. The molecule has 1 rings (SSSR count). The minimum atomic E-state index is -0.294. The molecule has 0 saturated heterocycles. The van der Waals surface area contributed by atoms with Crippen molar-refractivity contribution in [1.82, 2.24) is 0 Å². The van der Waals surface area contributed by atoms with Crippen LogP contribution in [0.3, 0.4) is 0 Å². The Hall–Kier alpha value is -1.77. The number of esters is 1. The van der Waals surface area contributed by atoms with Crippen LogP contribution in [0, 0.1) is 5.92 Å². The normalized spacial score (nSPS) is 11.5. The third-order valence-electron chi connectivity index (χ3n) is 2.61. The van der Waals surface area contributed by atoms with Crippen molar-refractivity contribution in [3.8, 4) is 5.75 Å². The van der Waals surface area contributed by atoms with Gasteiger partial charge in [0.15, 0.2) is 0 Å². The second-order valence-electron chi connectivity index (χ2n) is 4.23. The predicted molar refractivity (Wildman–Crippen MR) is 72.4 cm³/mol. The van der Waals surface area contributed by atoms with E-state index in [4.69, 9.17) is 9.47 Å². The van der Waals surface area contributed by atoms with Gasteiger partial charge in [0.25, 0.3) is 0 Å². The molecule has 0 aromatic heterocycles. The summed E-state index contributed by atoms with van der Waals surface area (Å²) in [5.41, 5.74) is 1.98. The van der Waals surface area contributed by atoms with Gasteiger partial charge in [0, 0.05) is 6.08 Å². The quantitative estimate of drug-likeness (QED) is 0.592. The first-order valence-electron chi connectivity index (χ1n) is 6.11. The predicted octanol–water partition coefficient (Wildman–Crippen LogP) is 3.30. The Bertz CT molecular complexity index is 416. The van der Waals surface area contributed by atoms with E-state index in [1.54, 1.807) is 20.1 Å². The van der Waals surface area contributed by atoms with Crippen molar-refractivity contribution in [2.75, 3.05) is 13.7 Å². The van der Waals surface area contributed by atoms with Gasteiger partial charge in [-0.25, -0.2) is 4.79 Å². The lowest BCUT2D eigenvalue weighted by Crippen LogP contribution is -2.03. The number of hydrogen-bond acceptors (Lipinski definition) is 3. The van der Waals surface area contributed by atoms with Crippen molar-refractivity contribution in [2.45, 2.75) is 20.8 Å². The fraction of sp³-hybridized carbons (Fsp3) is 0.400. The third kappa shape index (κ3) is 3.91. The van der Waals surface area contributed by atoms with E-state index in [-0.39, 0.29) is 11.9 Å². The molecule has 1 aromatic carbocycles. The largest absolute Gasteiger partial charge is 0.497 e. The van der Waals surface area contributed by atoms with E-state index in [0.717, 1.165) is 16.9 Å². The lowest BCUT2D eigenvalue weighted by Gasteiger charge is -2.12. The molecule has 0 unspecified atom stereocenters. The summed E-state index contributed by atoms with van der Waals surface area (Å²) in [5, 5.41) is 0. The lowest BCUT2D eigenvalue weighted by atomic mass is 9.95. The molecular formula is C15H20O3. The Morgan fingerprint density at radius 1 is 1.28 bits per heavy atom. The van der Waals surface area contributed by atoms with Gasteiger partial charge >= 0.3 is 5.97 Å². The summed E-state index contributed by atoms with van der Waals surface area (Å²) in [6.07, 6.45) is 1.57.